The highest BCUT2D eigenvalue weighted by Crippen LogP contribution is 2.53. The first-order valence-electron chi connectivity index (χ1n) is 24.3. The molecule has 0 radical (unpaired) electrons. The summed E-state index contributed by atoms with van der Waals surface area (Å²) in [6, 6.07) is 98.2. The van der Waals surface area contributed by atoms with E-state index < -0.39 is 0 Å². The van der Waals surface area contributed by atoms with Gasteiger partial charge in [0.25, 0.3) is 0 Å². The Balaban J connectivity index is 1.08. The third kappa shape index (κ3) is 6.70. The second-order valence-electron chi connectivity index (χ2n) is 18.3. The van der Waals surface area contributed by atoms with E-state index in [-0.39, 0.29) is 0 Å². The average Bonchev–Trinajstić information content (AvgIpc) is 3.99. The topological polar surface area (TPSA) is 8.17 Å². The van der Waals surface area contributed by atoms with Crippen molar-refractivity contribution in [2.45, 2.75) is 0 Å². The van der Waals surface area contributed by atoms with Gasteiger partial charge in [0.1, 0.15) is 0 Å². The number of para-hydroxylation sites is 3. The quantitative estimate of drug-likeness (QED) is 0.138. The summed E-state index contributed by atoms with van der Waals surface area (Å²) in [6.45, 7) is 0. The molecule has 0 fully saturated rings. The molecular weight excluding hydrogens is 877 g/mol. The largest absolute Gasteiger partial charge is 0.309 e. The van der Waals surface area contributed by atoms with Crippen LogP contribution < -0.4 is 4.90 Å². The number of benzene rings is 12. The third-order valence-corrected chi connectivity index (χ3v) is 15.5. The Morgan fingerprint density at radius 1 is 0.296 bits per heavy atom. The molecule has 2 nitrogen and oxygen atoms in total. The van der Waals surface area contributed by atoms with Crippen molar-refractivity contribution in [1.82, 2.24) is 4.57 Å². The van der Waals surface area contributed by atoms with E-state index >= 15 is 0 Å². The first-order chi connectivity index (χ1) is 35.3. The minimum atomic E-state index is 1.11. The van der Waals surface area contributed by atoms with Gasteiger partial charge in [0, 0.05) is 52.8 Å². The van der Waals surface area contributed by atoms with Crippen LogP contribution >= 0.6 is 11.3 Å². The molecule has 71 heavy (non-hydrogen) atoms. The minimum absolute atomic E-state index is 1.11. The van der Waals surface area contributed by atoms with Gasteiger partial charge in [-0.3, -0.25) is 0 Å². The molecule has 14 aromatic rings. The molecule has 2 aromatic heterocycles. The lowest BCUT2D eigenvalue weighted by atomic mass is 9.89. The third-order valence-electron chi connectivity index (χ3n) is 14.4. The van der Waals surface area contributed by atoms with E-state index in [1.165, 1.54) is 91.4 Å². The van der Waals surface area contributed by atoms with Crippen LogP contribution in [0.15, 0.2) is 267 Å². The Hall–Kier alpha value is -9.02. The van der Waals surface area contributed by atoms with Crippen molar-refractivity contribution < 1.29 is 0 Å². The van der Waals surface area contributed by atoms with Gasteiger partial charge in [-0.15, -0.1) is 11.3 Å². The average molecular weight is 921 g/mol. The van der Waals surface area contributed by atoms with E-state index in [1.54, 1.807) is 0 Å². The predicted molar refractivity (Wildman–Crippen MR) is 305 cm³/mol. The van der Waals surface area contributed by atoms with Gasteiger partial charge in [-0.1, -0.05) is 212 Å². The van der Waals surface area contributed by atoms with Crippen molar-refractivity contribution in [3.05, 3.63) is 267 Å². The van der Waals surface area contributed by atoms with Gasteiger partial charge in [0.05, 0.1) is 33.8 Å². The van der Waals surface area contributed by atoms with E-state index in [4.69, 9.17) is 0 Å². The van der Waals surface area contributed by atoms with Crippen LogP contribution in [0.3, 0.4) is 0 Å². The highest BCUT2D eigenvalue weighted by molar-refractivity contribution is 7.25. The van der Waals surface area contributed by atoms with Gasteiger partial charge >= 0.3 is 0 Å². The summed E-state index contributed by atoms with van der Waals surface area (Å²) >= 11 is 1.86. The molecule has 3 heteroatoms. The maximum absolute atomic E-state index is 2.60. The van der Waals surface area contributed by atoms with Crippen LogP contribution in [-0.2, 0) is 0 Å². The van der Waals surface area contributed by atoms with Crippen molar-refractivity contribution in [1.29, 1.82) is 0 Å². The molecule has 332 valence electrons. The summed E-state index contributed by atoms with van der Waals surface area (Å²) in [5, 5.41) is 9.74. The Labute approximate surface area is 416 Å². The Morgan fingerprint density at radius 2 is 0.817 bits per heavy atom. The van der Waals surface area contributed by atoms with Gasteiger partial charge in [-0.05, 0) is 98.8 Å². The fourth-order valence-corrected chi connectivity index (χ4v) is 12.4. The molecule has 0 saturated carbocycles. The molecule has 12 aromatic carbocycles. The summed E-state index contributed by atoms with van der Waals surface area (Å²) in [5.41, 5.74) is 16.3. The molecule has 0 bridgehead atoms. The molecule has 0 amide bonds. The van der Waals surface area contributed by atoms with Gasteiger partial charge in [-0.25, -0.2) is 0 Å². The Kier molecular flexibility index (Phi) is 9.75. The zero-order valence-electron chi connectivity index (χ0n) is 38.7. The van der Waals surface area contributed by atoms with Crippen LogP contribution in [0.2, 0.25) is 0 Å². The van der Waals surface area contributed by atoms with Gasteiger partial charge in [0.2, 0.25) is 0 Å². The molecule has 0 aliphatic heterocycles. The number of hydrogen-bond acceptors (Lipinski definition) is 2. The Morgan fingerprint density at radius 3 is 1.59 bits per heavy atom. The number of aromatic nitrogens is 1. The lowest BCUT2D eigenvalue weighted by Crippen LogP contribution is -2.13. The van der Waals surface area contributed by atoms with Gasteiger partial charge < -0.3 is 9.47 Å². The van der Waals surface area contributed by atoms with Crippen LogP contribution in [0, 0.1) is 0 Å². The number of rotatable bonds is 8. The fraction of sp³-hybridized carbons (Fsp3) is 0. The minimum Gasteiger partial charge on any atom is -0.309 e. The molecule has 14 rings (SSSR count). The summed E-state index contributed by atoms with van der Waals surface area (Å²) in [5.74, 6) is 0. The van der Waals surface area contributed by atoms with Crippen LogP contribution in [0.5, 0.6) is 0 Å². The van der Waals surface area contributed by atoms with Gasteiger partial charge in [-0.2, -0.15) is 0 Å². The normalized spacial score (nSPS) is 11.7. The van der Waals surface area contributed by atoms with E-state index in [9.17, 15) is 0 Å². The van der Waals surface area contributed by atoms with E-state index in [0.717, 1.165) is 39.3 Å². The van der Waals surface area contributed by atoms with Crippen LogP contribution in [0.4, 0.5) is 17.1 Å². The van der Waals surface area contributed by atoms with Gasteiger partial charge in [0.15, 0.2) is 0 Å². The molecule has 0 aliphatic carbocycles. The first kappa shape index (κ1) is 41.0. The molecule has 0 saturated heterocycles. The van der Waals surface area contributed by atoms with Crippen LogP contribution in [0.25, 0.3) is 114 Å². The smallest absolute Gasteiger partial charge is 0.0619 e. The molecule has 0 aliphatic rings. The molecule has 0 unspecified atom stereocenters. The standard InChI is InChI=1S/C68H44N2S/c1-3-21-45(22-4-1)47-25-19-26-48(43-47)50-27-11-15-35-59(50)69-61-37-17-13-34-57(61)67-62(69)38-20-39-63(67)70(60-36-16-12-28-51(60)49-41-42-65-58(44-49)52-29-14-18-40-64(52)71-65)68-55-32-9-7-30-53(55)66(46-23-5-2-6-24-46)54-31-8-10-33-56(54)68/h1-44H. The molecule has 2 heterocycles. The zero-order chi connectivity index (χ0) is 46.8. The van der Waals surface area contributed by atoms with E-state index in [2.05, 4.69) is 276 Å². The highest BCUT2D eigenvalue weighted by atomic mass is 32.1. The highest BCUT2D eigenvalue weighted by Gasteiger charge is 2.28. The van der Waals surface area contributed by atoms with Crippen molar-refractivity contribution in [2.24, 2.45) is 0 Å². The van der Waals surface area contributed by atoms with Crippen LogP contribution in [-0.4, -0.2) is 4.57 Å². The van der Waals surface area contributed by atoms with E-state index in [1.807, 2.05) is 11.3 Å². The monoisotopic (exact) mass is 920 g/mol. The second kappa shape index (κ2) is 16.9. The molecule has 0 N–H and O–H groups in total. The number of hydrogen-bond donors (Lipinski definition) is 0. The van der Waals surface area contributed by atoms with Crippen LogP contribution in [0.1, 0.15) is 0 Å². The fourth-order valence-electron chi connectivity index (χ4n) is 11.3. The summed E-state index contributed by atoms with van der Waals surface area (Å²) in [7, 11) is 0. The lowest BCUT2D eigenvalue weighted by Gasteiger charge is -2.32. The number of nitrogens with zero attached hydrogens (tertiary/aromatic N) is 2. The molecule has 0 atom stereocenters. The van der Waals surface area contributed by atoms with Crippen molar-refractivity contribution in [3.8, 4) is 50.2 Å². The first-order valence-corrected chi connectivity index (χ1v) is 25.2. The van der Waals surface area contributed by atoms with E-state index in [0.29, 0.717) is 0 Å². The van der Waals surface area contributed by atoms with Crippen molar-refractivity contribution in [3.63, 3.8) is 0 Å². The number of fused-ring (bicyclic) bond motifs is 8. The second-order valence-corrected chi connectivity index (χ2v) is 19.4. The maximum atomic E-state index is 2.60. The SMILES string of the molecule is c1ccc(-c2cccc(-c3ccccc3-n3c4ccccc4c4c(N(c5ccccc5-c5ccc6sc7ccccc7c6c5)c5c6ccccc6c(-c6ccccc6)c6ccccc56)cccc43)c2)cc1. The zero-order valence-corrected chi connectivity index (χ0v) is 39.5. The Bertz CT molecular complexity index is 4300. The summed E-state index contributed by atoms with van der Waals surface area (Å²) in [6.07, 6.45) is 0. The predicted octanol–water partition coefficient (Wildman–Crippen LogP) is 19.6. The molecule has 0 spiro atoms. The lowest BCUT2D eigenvalue weighted by molar-refractivity contribution is 1.18. The maximum Gasteiger partial charge on any atom is 0.0619 e. The van der Waals surface area contributed by atoms with Crippen molar-refractivity contribution >= 4 is 91.9 Å². The number of thiophene rings is 1. The summed E-state index contributed by atoms with van der Waals surface area (Å²) in [4.78, 5) is 2.60. The summed E-state index contributed by atoms with van der Waals surface area (Å²) < 4.78 is 5.09. The number of anilines is 3. The van der Waals surface area contributed by atoms with Crippen molar-refractivity contribution in [2.75, 3.05) is 4.90 Å². The molecular formula is C68H44N2S.